The van der Waals surface area contributed by atoms with Gasteiger partial charge in [-0.2, -0.15) is 0 Å². The van der Waals surface area contributed by atoms with E-state index in [0.717, 1.165) is 46.9 Å². The molecule has 2 aliphatic heterocycles. The number of piperazine rings is 1. The fraction of sp³-hybridized carbons (Fsp3) is 0.318. The normalized spacial score (nSPS) is 24.6. The number of ether oxygens (including phenoxy) is 1. The van der Waals surface area contributed by atoms with Crippen LogP contribution in [0.15, 0.2) is 48.9 Å². The molecule has 1 unspecified atom stereocenters. The smallest absolute Gasteiger partial charge is 0.224 e. The highest BCUT2D eigenvalue weighted by atomic mass is 16.6. The second-order valence-electron chi connectivity index (χ2n) is 7.78. The number of hydrogen-bond acceptors (Lipinski definition) is 5. The third-order valence-electron chi connectivity index (χ3n) is 5.44. The molecule has 28 heavy (non-hydrogen) atoms. The number of aromatic nitrogens is 2. The lowest BCUT2D eigenvalue weighted by molar-refractivity contribution is 0.0320. The van der Waals surface area contributed by atoms with Gasteiger partial charge in [0.05, 0.1) is 0 Å². The first kappa shape index (κ1) is 17.3. The summed E-state index contributed by atoms with van der Waals surface area (Å²) >= 11 is 0. The van der Waals surface area contributed by atoms with Crippen LogP contribution < -0.4 is 15.0 Å². The van der Waals surface area contributed by atoms with Gasteiger partial charge in [0, 0.05) is 72.2 Å². The quantitative estimate of drug-likeness (QED) is 0.720. The maximum Gasteiger partial charge on any atom is 0.224 e. The molecule has 1 aromatic carbocycles. The van der Waals surface area contributed by atoms with Gasteiger partial charge >= 0.3 is 0 Å². The van der Waals surface area contributed by atoms with Gasteiger partial charge in [0.1, 0.15) is 11.4 Å². The Morgan fingerprint density at radius 2 is 2.00 bits per heavy atom. The maximum absolute atomic E-state index is 10.6. The van der Waals surface area contributed by atoms with Gasteiger partial charge in [-0.25, -0.2) is 4.98 Å². The Bertz CT molecular complexity index is 1010. The van der Waals surface area contributed by atoms with E-state index >= 15 is 0 Å². The molecule has 6 heteroatoms. The van der Waals surface area contributed by atoms with E-state index in [1.165, 1.54) is 0 Å². The highest BCUT2D eigenvalue weighted by Gasteiger charge is 2.25. The first-order valence-corrected chi connectivity index (χ1v) is 9.71. The second-order valence-corrected chi connectivity index (χ2v) is 7.78. The number of rotatable bonds is 2. The van der Waals surface area contributed by atoms with Crippen molar-refractivity contribution in [2.75, 3.05) is 18.0 Å². The van der Waals surface area contributed by atoms with Crippen molar-refractivity contribution < 1.29 is 9.84 Å². The SMILES string of the molecule is C[C@@H]1CN(c2ccc3c(c2)OC(O)C(c2cc4ncccn4c2)=C3)C[C@H](C)N1. The Balaban J connectivity index is 1.48. The largest absolute Gasteiger partial charge is 0.460 e. The van der Waals surface area contributed by atoms with Gasteiger partial charge in [0.25, 0.3) is 0 Å². The number of hydrogen-bond donors (Lipinski definition) is 2. The number of aliphatic hydroxyl groups is 1. The number of fused-ring (bicyclic) bond motifs is 2. The van der Waals surface area contributed by atoms with Crippen molar-refractivity contribution in [2.45, 2.75) is 32.2 Å². The highest BCUT2D eigenvalue weighted by Crippen LogP contribution is 2.36. The van der Waals surface area contributed by atoms with Crippen molar-refractivity contribution in [3.63, 3.8) is 0 Å². The zero-order valence-corrected chi connectivity index (χ0v) is 16.0. The minimum absolute atomic E-state index is 0.440. The standard InChI is InChI=1S/C22H24N4O2/c1-14-11-26(12-15(2)24-14)18-5-4-16-8-19(22(27)28-20(16)10-18)17-9-21-23-6-3-7-25(21)13-17/h3-10,13-15,22,24,27H,11-12H2,1-2H3/t14-,15+,22?. The topological polar surface area (TPSA) is 62.0 Å². The van der Waals surface area contributed by atoms with Crippen molar-refractivity contribution in [1.29, 1.82) is 0 Å². The minimum atomic E-state index is -0.999. The van der Waals surface area contributed by atoms with Crippen molar-refractivity contribution in [2.24, 2.45) is 0 Å². The minimum Gasteiger partial charge on any atom is -0.460 e. The Morgan fingerprint density at radius 3 is 2.79 bits per heavy atom. The molecular weight excluding hydrogens is 352 g/mol. The molecule has 2 N–H and O–H groups in total. The first-order chi connectivity index (χ1) is 13.6. The average Bonchev–Trinajstić information content (AvgIpc) is 3.10. The molecule has 0 bridgehead atoms. The van der Waals surface area contributed by atoms with E-state index in [9.17, 15) is 5.11 Å². The molecule has 1 saturated heterocycles. The van der Waals surface area contributed by atoms with Crippen LogP contribution in [0.3, 0.4) is 0 Å². The zero-order chi connectivity index (χ0) is 19.3. The van der Waals surface area contributed by atoms with Crippen LogP contribution in [-0.4, -0.2) is 46.0 Å². The molecule has 5 rings (SSSR count). The third-order valence-corrected chi connectivity index (χ3v) is 5.44. The van der Waals surface area contributed by atoms with Crippen LogP contribution in [0.25, 0.3) is 17.3 Å². The van der Waals surface area contributed by atoms with E-state index in [1.807, 2.05) is 41.1 Å². The predicted octanol–water partition coefficient (Wildman–Crippen LogP) is 2.77. The second kappa shape index (κ2) is 6.65. The molecule has 4 heterocycles. The van der Waals surface area contributed by atoms with E-state index < -0.39 is 6.29 Å². The molecule has 0 amide bonds. The summed E-state index contributed by atoms with van der Waals surface area (Å²) < 4.78 is 7.83. The predicted molar refractivity (Wildman–Crippen MR) is 110 cm³/mol. The number of nitrogens with one attached hydrogen (secondary N) is 1. The number of anilines is 1. The summed E-state index contributed by atoms with van der Waals surface area (Å²) in [5, 5.41) is 14.2. The highest BCUT2D eigenvalue weighted by molar-refractivity contribution is 5.88. The summed E-state index contributed by atoms with van der Waals surface area (Å²) in [6.07, 6.45) is 6.67. The molecule has 3 atom stereocenters. The van der Waals surface area contributed by atoms with Crippen LogP contribution in [0.5, 0.6) is 5.75 Å². The van der Waals surface area contributed by atoms with Gasteiger partial charge in [0.15, 0.2) is 0 Å². The fourth-order valence-electron chi connectivity index (χ4n) is 4.23. The van der Waals surface area contributed by atoms with E-state index in [1.54, 1.807) is 6.20 Å². The molecule has 1 fully saturated rings. The van der Waals surface area contributed by atoms with Gasteiger partial charge in [-0.1, -0.05) is 0 Å². The summed E-state index contributed by atoms with van der Waals surface area (Å²) in [5.41, 5.74) is 4.60. The Labute approximate surface area is 164 Å². The van der Waals surface area contributed by atoms with E-state index in [0.29, 0.717) is 12.1 Å². The summed E-state index contributed by atoms with van der Waals surface area (Å²) in [6, 6.07) is 11.0. The fourth-order valence-corrected chi connectivity index (χ4v) is 4.23. The first-order valence-electron chi connectivity index (χ1n) is 9.71. The molecule has 6 nitrogen and oxygen atoms in total. The van der Waals surface area contributed by atoms with Crippen LogP contribution in [0, 0.1) is 0 Å². The maximum atomic E-state index is 10.6. The molecular formula is C22H24N4O2. The Hall–Kier alpha value is -2.83. The lowest BCUT2D eigenvalue weighted by atomic mass is 10.0. The Morgan fingerprint density at radius 1 is 1.18 bits per heavy atom. The molecule has 2 aromatic heterocycles. The van der Waals surface area contributed by atoms with Crippen molar-refractivity contribution in [3.8, 4) is 5.75 Å². The summed E-state index contributed by atoms with van der Waals surface area (Å²) in [7, 11) is 0. The van der Waals surface area contributed by atoms with Crippen LogP contribution in [-0.2, 0) is 0 Å². The average molecular weight is 376 g/mol. The van der Waals surface area contributed by atoms with Crippen molar-refractivity contribution >= 4 is 23.0 Å². The third kappa shape index (κ3) is 3.04. The van der Waals surface area contributed by atoms with Crippen LogP contribution >= 0.6 is 0 Å². The van der Waals surface area contributed by atoms with Gasteiger partial charge in [-0.3, -0.25) is 0 Å². The molecule has 2 aliphatic rings. The van der Waals surface area contributed by atoms with Gasteiger partial charge in [0.2, 0.25) is 6.29 Å². The van der Waals surface area contributed by atoms with Gasteiger partial charge < -0.3 is 24.5 Å². The van der Waals surface area contributed by atoms with Crippen molar-refractivity contribution in [3.05, 3.63) is 60.0 Å². The summed E-state index contributed by atoms with van der Waals surface area (Å²) in [4.78, 5) is 6.71. The zero-order valence-electron chi connectivity index (χ0n) is 16.0. The van der Waals surface area contributed by atoms with E-state index in [-0.39, 0.29) is 0 Å². The van der Waals surface area contributed by atoms with Crippen LogP contribution in [0.1, 0.15) is 25.0 Å². The Kier molecular flexibility index (Phi) is 4.10. The molecule has 0 spiro atoms. The lowest BCUT2D eigenvalue weighted by Crippen LogP contribution is -2.54. The van der Waals surface area contributed by atoms with Crippen LogP contribution in [0.2, 0.25) is 0 Å². The lowest BCUT2D eigenvalue weighted by Gasteiger charge is -2.38. The molecule has 0 saturated carbocycles. The number of benzene rings is 1. The van der Waals surface area contributed by atoms with Crippen LogP contribution in [0.4, 0.5) is 5.69 Å². The van der Waals surface area contributed by atoms with Gasteiger partial charge in [-0.05, 0) is 44.2 Å². The van der Waals surface area contributed by atoms with Crippen molar-refractivity contribution in [1.82, 2.24) is 14.7 Å². The summed E-state index contributed by atoms with van der Waals surface area (Å²) in [5.74, 6) is 0.717. The monoisotopic (exact) mass is 376 g/mol. The molecule has 3 aromatic rings. The van der Waals surface area contributed by atoms with Gasteiger partial charge in [-0.15, -0.1) is 0 Å². The molecule has 144 valence electrons. The molecule has 0 aliphatic carbocycles. The number of nitrogens with zero attached hydrogens (tertiary/aromatic N) is 3. The van der Waals surface area contributed by atoms with E-state index in [2.05, 4.69) is 41.2 Å². The summed E-state index contributed by atoms with van der Waals surface area (Å²) in [6.45, 7) is 6.31. The van der Waals surface area contributed by atoms with E-state index in [4.69, 9.17) is 4.74 Å². The molecule has 0 radical (unpaired) electrons. The number of aliphatic hydroxyl groups excluding tert-OH is 1.